The quantitative estimate of drug-likeness (QED) is 0.657. The molecule has 0 atom stereocenters. The molecule has 4 rings (SSSR count). The summed E-state index contributed by atoms with van der Waals surface area (Å²) in [6, 6.07) is 5.69. The summed E-state index contributed by atoms with van der Waals surface area (Å²) >= 11 is 0. The average Bonchev–Trinajstić information content (AvgIpc) is 3.18. The molecular formula is C27H32N2O4. The molecule has 0 N–H and O–H groups in total. The zero-order valence-electron chi connectivity index (χ0n) is 19.9. The number of fused-ring (bicyclic) bond motifs is 2. The predicted octanol–water partition coefficient (Wildman–Crippen LogP) is 4.37. The summed E-state index contributed by atoms with van der Waals surface area (Å²) in [7, 11) is 0. The normalized spacial score (nSPS) is 17.7. The summed E-state index contributed by atoms with van der Waals surface area (Å²) in [4.78, 5) is 29.1. The Bertz CT molecular complexity index is 1120. The minimum atomic E-state index is -0.488. The van der Waals surface area contributed by atoms with Crippen molar-refractivity contribution in [3.8, 4) is 5.75 Å². The molecule has 6 nitrogen and oxygen atoms in total. The molecule has 6 heteroatoms. The van der Waals surface area contributed by atoms with Crippen LogP contribution in [-0.2, 0) is 10.2 Å². The van der Waals surface area contributed by atoms with E-state index in [1.54, 1.807) is 13.0 Å². The highest BCUT2D eigenvalue weighted by Gasteiger charge is 2.42. The lowest BCUT2D eigenvalue weighted by Crippen LogP contribution is -2.48. The summed E-state index contributed by atoms with van der Waals surface area (Å²) in [5.74, 6) is 2.17. The molecule has 1 aromatic heterocycles. The van der Waals surface area contributed by atoms with Crippen molar-refractivity contribution in [1.29, 1.82) is 0 Å². The van der Waals surface area contributed by atoms with Gasteiger partial charge >= 0.3 is 0 Å². The molecule has 1 fully saturated rings. The van der Waals surface area contributed by atoms with E-state index < -0.39 is 5.41 Å². The van der Waals surface area contributed by atoms with Gasteiger partial charge in [0.15, 0.2) is 5.78 Å². The van der Waals surface area contributed by atoms with Gasteiger partial charge in [-0.3, -0.25) is 14.5 Å². The van der Waals surface area contributed by atoms with Gasteiger partial charge in [-0.05, 0) is 50.6 Å². The monoisotopic (exact) mass is 448 g/mol. The highest BCUT2D eigenvalue weighted by Crippen LogP contribution is 2.46. The van der Waals surface area contributed by atoms with Crippen molar-refractivity contribution in [2.75, 3.05) is 39.3 Å². The van der Waals surface area contributed by atoms with Crippen LogP contribution in [0.4, 0.5) is 0 Å². The number of nitrogens with zero attached hydrogens (tertiary/aromatic N) is 2. The van der Waals surface area contributed by atoms with Crippen molar-refractivity contribution in [3.05, 3.63) is 64.6 Å². The van der Waals surface area contributed by atoms with Gasteiger partial charge in [-0.1, -0.05) is 18.7 Å². The molecular weight excluding hydrogens is 416 g/mol. The molecule has 1 aliphatic heterocycles. The Morgan fingerprint density at radius 3 is 2.61 bits per heavy atom. The second kappa shape index (κ2) is 9.02. The first-order valence-corrected chi connectivity index (χ1v) is 11.5. The highest BCUT2D eigenvalue weighted by molar-refractivity contribution is 6.15. The van der Waals surface area contributed by atoms with Gasteiger partial charge in [0.05, 0.1) is 5.56 Å². The fraction of sp³-hybridized carbons (Fsp3) is 0.407. The number of ether oxygens (including phenoxy) is 1. The lowest BCUT2D eigenvalue weighted by molar-refractivity contribution is -0.130. The van der Waals surface area contributed by atoms with Gasteiger partial charge in [0.2, 0.25) is 5.91 Å². The van der Waals surface area contributed by atoms with Crippen LogP contribution in [0.2, 0.25) is 0 Å². The zero-order valence-corrected chi connectivity index (χ0v) is 19.9. The fourth-order valence-corrected chi connectivity index (χ4v) is 4.77. The molecule has 33 heavy (non-hydrogen) atoms. The minimum Gasteiger partial charge on any atom is -0.492 e. The first-order chi connectivity index (χ1) is 15.8. The van der Waals surface area contributed by atoms with Crippen molar-refractivity contribution in [1.82, 2.24) is 9.80 Å². The van der Waals surface area contributed by atoms with Crippen LogP contribution in [-0.4, -0.2) is 60.8 Å². The van der Waals surface area contributed by atoms with Crippen LogP contribution in [0, 0.1) is 0 Å². The first kappa shape index (κ1) is 23.1. The minimum absolute atomic E-state index is 0.0383. The van der Waals surface area contributed by atoms with E-state index in [1.807, 2.05) is 42.2 Å². The van der Waals surface area contributed by atoms with Crippen LogP contribution in [0.1, 0.15) is 66.3 Å². The Kier molecular flexibility index (Phi) is 6.30. The largest absolute Gasteiger partial charge is 0.492 e. The number of carbonyl (C=O) groups excluding carboxylic acids is 2. The second-order valence-corrected chi connectivity index (χ2v) is 9.15. The molecule has 2 aliphatic rings. The standard InChI is InChI=1S/C27H32N2O4/c1-6-8-23-20(7-2)24-25(31)21-10-9-19(17-22(21)27(4,5)26(24)33-23)32-16-15-28-11-13-29(14-12-28)18(3)30/h6-10,17H,2,11-16H2,1,3-5H3/b8-6-. The number of hydrogen-bond acceptors (Lipinski definition) is 5. The number of piperazine rings is 1. The molecule has 1 saturated heterocycles. The summed E-state index contributed by atoms with van der Waals surface area (Å²) < 4.78 is 12.2. The molecule has 0 bridgehead atoms. The molecule has 0 saturated carbocycles. The number of furan rings is 1. The topological polar surface area (TPSA) is 63.0 Å². The predicted molar refractivity (Wildman–Crippen MR) is 130 cm³/mol. The number of allylic oxidation sites excluding steroid dienone is 1. The lowest BCUT2D eigenvalue weighted by Gasteiger charge is -2.34. The van der Waals surface area contributed by atoms with Crippen LogP contribution in [0.5, 0.6) is 5.75 Å². The Morgan fingerprint density at radius 1 is 1.24 bits per heavy atom. The average molecular weight is 449 g/mol. The van der Waals surface area contributed by atoms with Crippen molar-refractivity contribution in [3.63, 3.8) is 0 Å². The van der Waals surface area contributed by atoms with Crippen molar-refractivity contribution < 1.29 is 18.7 Å². The molecule has 1 aliphatic carbocycles. The molecule has 1 amide bonds. The van der Waals surface area contributed by atoms with Crippen LogP contribution in [0.3, 0.4) is 0 Å². The Labute approximate surface area is 195 Å². The summed E-state index contributed by atoms with van der Waals surface area (Å²) in [5, 5.41) is 0. The number of ketones is 1. The van der Waals surface area contributed by atoms with E-state index in [0.717, 1.165) is 49.6 Å². The maximum Gasteiger partial charge on any atom is 0.219 e. The van der Waals surface area contributed by atoms with E-state index in [4.69, 9.17) is 9.15 Å². The molecule has 174 valence electrons. The Balaban J connectivity index is 1.51. The van der Waals surface area contributed by atoms with Crippen molar-refractivity contribution in [2.24, 2.45) is 0 Å². The maximum atomic E-state index is 13.4. The van der Waals surface area contributed by atoms with E-state index in [0.29, 0.717) is 29.3 Å². The van der Waals surface area contributed by atoms with Crippen LogP contribution >= 0.6 is 0 Å². The van der Waals surface area contributed by atoms with Crippen LogP contribution in [0.25, 0.3) is 12.2 Å². The number of rotatable bonds is 6. The smallest absolute Gasteiger partial charge is 0.219 e. The van der Waals surface area contributed by atoms with E-state index >= 15 is 0 Å². The van der Waals surface area contributed by atoms with Gasteiger partial charge in [-0.25, -0.2) is 0 Å². The maximum absolute atomic E-state index is 13.4. The first-order valence-electron chi connectivity index (χ1n) is 11.5. The number of amides is 1. The SMILES string of the molecule is C=Cc1c(/C=C\C)oc2c1C(=O)c1ccc(OCCN3CCN(C(C)=O)CC3)cc1C2(C)C. The van der Waals surface area contributed by atoms with E-state index in [-0.39, 0.29) is 11.7 Å². The summed E-state index contributed by atoms with van der Waals surface area (Å²) in [5.41, 5.74) is 2.45. The van der Waals surface area contributed by atoms with Gasteiger partial charge in [-0.2, -0.15) is 0 Å². The van der Waals surface area contributed by atoms with Crippen LogP contribution < -0.4 is 4.74 Å². The number of carbonyl (C=O) groups is 2. The molecule has 0 radical (unpaired) electrons. The zero-order chi connectivity index (χ0) is 23.8. The number of hydrogen-bond donors (Lipinski definition) is 0. The molecule has 2 aromatic rings. The van der Waals surface area contributed by atoms with Gasteiger partial charge in [0.1, 0.15) is 23.9 Å². The second-order valence-electron chi connectivity index (χ2n) is 9.15. The van der Waals surface area contributed by atoms with E-state index in [1.165, 1.54) is 0 Å². The highest BCUT2D eigenvalue weighted by atomic mass is 16.5. The lowest BCUT2D eigenvalue weighted by atomic mass is 9.71. The molecule has 1 aromatic carbocycles. The Morgan fingerprint density at radius 2 is 1.97 bits per heavy atom. The van der Waals surface area contributed by atoms with Gasteiger partial charge in [0, 0.05) is 56.2 Å². The third kappa shape index (κ3) is 4.15. The van der Waals surface area contributed by atoms with Gasteiger partial charge in [-0.15, -0.1) is 0 Å². The summed E-state index contributed by atoms with van der Waals surface area (Å²) in [6.07, 6.45) is 5.46. The number of benzene rings is 1. The van der Waals surface area contributed by atoms with Gasteiger partial charge < -0.3 is 14.1 Å². The van der Waals surface area contributed by atoms with Gasteiger partial charge in [0.25, 0.3) is 0 Å². The molecule has 0 spiro atoms. The van der Waals surface area contributed by atoms with Crippen molar-refractivity contribution in [2.45, 2.75) is 33.1 Å². The van der Waals surface area contributed by atoms with Crippen molar-refractivity contribution >= 4 is 23.8 Å². The molecule has 0 unspecified atom stereocenters. The van der Waals surface area contributed by atoms with Crippen LogP contribution in [0.15, 0.2) is 35.3 Å². The third-order valence-electron chi connectivity index (χ3n) is 6.69. The van der Waals surface area contributed by atoms with E-state index in [2.05, 4.69) is 25.3 Å². The fourth-order valence-electron chi connectivity index (χ4n) is 4.77. The molecule has 2 heterocycles. The third-order valence-corrected chi connectivity index (χ3v) is 6.69. The van der Waals surface area contributed by atoms with E-state index in [9.17, 15) is 9.59 Å². The summed E-state index contributed by atoms with van der Waals surface area (Å²) in [6.45, 7) is 16.2. The Hall–Kier alpha value is -3.12.